The van der Waals surface area contributed by atoms with E-state index in [2.05, 4.69) is 30.0 Å². The summed E-state index contributed by atoms with van der Waals surface area (Å²) in [5, 5.41) is 13.1. The number of pyridine rings is 1. The van der Waals surface area contributed by atoms with Crippen molar-refractivity contribution in [3.63, 3.8) is 0 Å². The Morgan fingerprint density at radius 3 is 2.67 bits per heavy atom. The summed E-state index contributed by atoms with van der Waals surface area (Å²) in [4.78, 5) is 41.2. The van der Waals surface area contributed by atoms with Crippen LogP contribution in [-0.2, 0) is 13.8 Å². The van der Waals surface area contributed by atoms with Gasteiger partial charge in [-0.15, -0.1) is 11.3 Å². The van der Waals surface area contributed by atoms with E-state index in [-0.39, 0.29) is 64.5 Å². The minimum absolute atomic E-state index is 0. The van der Waals surface area contributed by atoms with Crippen LogP contribution in [0.3, 0.4) is 0 Å². The number of amides is 1. The molecule has 2 unspecified atom stereocenters. The average molecular weight is 646 g/mol. The van der Waals surface area contributed by atoms with Gasteiger partial charge in [0.1, 0.15) is 22.1 Å². The Morgan fingerprint density at radius 2 is 1.98 bits per heavy atom. The average Bonchev–Trinajstić information content (AvgIpc) is 3.70. The Morgan fingerprint density at radius 1 is 1.23 bits per heavy atom. The summed E-state index contributed by atoms with van der Waals surface area (Å²) >= 11 is 1.13. The van der Waals surface area contributed by atoms with Crippen LogP contribution in [-0.4, -0.2) is 53.0 Å². The molecule has 4 heterocycles. The molecular formula is C25H27F2N7NaO6PS. The van der Waals surface area contributed by atoms with Gasteiger partial charge in [-0.05, 0) is 51.7 Å². The van der Waals surface area contributed by atoms with Crippen molar-refractivity contribution in [1.29, 1.82) is 0 Å². The number of phosphoric ester groups is 1. The maximum atomic E-state index is 14.7. The van der Waals surface area contributed by atoms with Gasteiger partial charge < -0.3 is 19.8 Å². The van der Waals surface area contributed by atoms with Crippen LogP contribution in [0.2, 0.25) is 0 Å². The predicted octanol–water partition coefficient (Wildman–Crippen LogP) is 1.32. The zero-order valence-corrected chi connectivity index (χ0v) is 27.2. The van der Waals surface area contributed by atoms with Gasteiger partial charge in [-0.25, -0.2) is 19.0 Å². The van der Waals surface area contributed by atoms with Crippen molar-refractivity contribution in [2.24, 2.45) is 0 Å². The van der Waals surface area contributed by atoms with Gasteiger partial charge >= 0.3 is 29.6 Å². The molecule has 43 heavy (non-hydrogen) atoms. The topological polar surface area (TPSA) is 169 Å². The summed E-state index contributed by atoms with van der Waals surface area (Å²) in [6, 6.07) is 1.82. The van der Waals surface area contributed by atoms with Crippen molar-refractivity contribution in [2.75, 3.05) is 11.9 Å². The minimum Gasteiger partial charge on any atom is -0.756 e. The van der Waals surface area contributed by atoms with Gasteiger partial charge in [0.15, 0.2) is 12.0 Å². The third-order valence-corrected chi connectivity index (χ3v) is 8.14. The van der Waals surface area contributed by atoms with Crippen molar-refractivity contribution in [2.45, 2.75) is 57.9 Å². The number of nitrogens with zero attached hydrogens (tertiary/aromatic N) is 6. The molecule has 1 aliphatic rings. The number of carbonyl (C=O) groups excluding carboxylic acids is 1. The fraction of sp³-hybridized carbons (Fsp3) is 0.400. The van der Waals surface area contributed by atoms with E-state index in [1.807, 2.05) is 6.92 Å². The summed E-state index contributed by atoms with van der Waals surface area (Å²) in [5.41, 5.74) is 0.298. The Kier molecular flexibility index (Phi) is 11.0. The maximum absolute atomic E-state index is 14.7. The third kappa shape index (κ3) is 8.21. The van der Waals surface area contributed by atoms with Crippen LogP contribution in [0.15, 0.2) is 36.1 Å². The van der Waals surface area contributed by atoms with E-state index in [1.165, 1.54) is 29.4 Å². The van der Waals surface area contributed by atoms with Gasteiger partial charge in [0, 0.05) is 29.9 Å². The molecule has 1 aliphatic carbocycles. The molecule has 18 heteroatoms. The van der Waals surface area contributed by atoms with Gasteiger partial charge in [-0.3, -0.25) is 18.6 Å². The second-order valence-electron chi connectivity index (χ2n) is 9.60. The first-order valence-electron chi connectivity index (χ1n) is 13.1. The van der Waals surface area contributed by atoms with E-state index in [4.69, 9.17) is 9.63 Å². The zero-order valence-electron chi connectivity index (χ0n) is 23.5. The van der Waals surface area contributed by atoms with Gasteiger partial charge in [0.05, 0.1) is 24.0 Å². The van der Waals surface area contributed by atoms with Crippen LogP contribution in [0.4, 0.5) is 14.5 Å². The van der Waals surface area contributed by atoms with E-state index in [1.54, 1.807) is 10.9 Å². The van der Waals surface area contributed by atoms with Crippen LogP contribution >= 0.6 is 19.2 Å². The number of anilines is 1. The summed E-state index contributed by atoms with van der Waals surface area (Å²) in [7, 11) is -4.98. The first-order valence-corrected chi connectivity index (χ1v) is 15.4. The fourth-order valence-corrected chi connectivity index (χ4v) is 5.98. The van der Waals surface area contributed by atoms with E-state index >= 15 is 0 Å². The minimum atomic E-state index is -4.98. The number of ether oxygens (including phenoxy) is 1. The molecule has 13 nitrogen and oxygen atoms in total. The molecule has 1 amide bonds. The van der Waals surface area contributed by atoms with E-state index < -0.39 is 31.7 Å². The Balaban J connectivity index is 0.00000423. The molecule has 0 aliphatic heterocycles. The SMILES string of the molecule is CCOC1CCC(n2cc(NC(=O)c3csc(-c4cnn(C(C)OP(=O)([O-])O)c4)n3)c(-c3nc(F)ccc3F)n2)CC1.[Na+]. The molecule has 0 saturated heterocycles. The predicted molar refractivity (Wildman–Crippen MR) is 145 cm³/mol. The standard InChI is InChI=1S/C25H28F2N7O6PS.Na/c1-3-39-17-6-4-16(5-7-17)34-12-19(23(32-34)22-18(26)8-9-21(27)31-22)29-24(35)20-13-42-25(30-20)15-10-28-33(11-15)14(2)40-41(36,37)38;/h8-14,16-17H,3-7H2,1-2H3,(H,29,35)(H2,36,37,38);/q;+1/p-1. The molecule has 0 aromatic carbocycles. The first-order chi connectivity index (χ1) is 20.0. The van der Waals surface area contributed by atoms with Crippen LogP contribution in [0.25, 0.3) is 22.0 Å². The van der Waals surface area contributed by atoms with Crippen molar-refractivity contribution in [3.05, 3.63) is 53.6 Å². The number of hydrogen-bond donors (Lipinski definition) is 2. The van der Waals surface area contributed by atoms with Gasteiger partial charge in [-0.2, -0.15) is 14.6 Å². The van der Waals surface area contributed by atoms with E-state index in [0.717, 1.165) is 49.2 Å². The molecule has 5 rings (SSSR count). The Bertz CT molecular complexity index is 1620. The van der Waals surface area contributed by atoms with Gasteiger partial charge in [0.2, 0.25) is 5.95 Å². The van der Waals surface area contributed by atoms with Crippen molar-refractivity contribution in [1.82, 2.24) is 29.5 Å². The molecule has 1 saturated carbocycles. The smallest absolute Gasteiger partial charge is 0.756 e. The quantitative estimate of drug-likeness (QED) is 0.146. The number of hydrogen-bond acceptors (Lipinski definition) is 10. The number of rotatable bonds is 10. The van der Waals surface area contributed by atoms with Crippen LogP contribution in [0, 0.1) is 11.8 Å². The summed E-state index contributed by atoms with van der Waals surface area (Å²) in [5.74, 6) is -2.30. The summed E-state index contributed by atoms with van der Waals surface area (Å²) in [6.45, 7) is 3.95. The van der Waals surface area contributed by atoms with Crippen molar-refractivity contribution >= 4 is 30.8 Å². The molecule has 1 fully saturated rings. The Labute approximate surface area is 271 Å². The monoisotopic (exact) mass is 645 g/mol. The number of phosphoric acid groups is 1. The molecule has 4 aromatic rings. The molecule has 2 N–H and O–H groups in total. The van der Waals surface area contributed by atoms with Gasteiger partial charge in [-0.1, -0.05) is 0 Å². The molecular weight excluding hydrogens is 618 g/mol. The van der Waals surface area contributed by atoms with Crippen LogP contribution < -0.4 is 39.8 Å². The summed E-state index contributed by atoms with van der Waals surface area (Å²) in [6.07, 6.45) is 6.63. The second-order valence-corrected chi connectivity index (χ2v) is 11.6. The third-order valence-electron chi connectivity index (χ3n) is 6.68. The number of nitrogens with one attached hydrogen (secondary N) is 1. The number of carbonyl (C=O) groups is 1. The molecule has 0 bridgehead atoms. The number of thiazole rings is 1. The fourth-order valence-electron chi connectivity index (χ4n) is 4.73. The zero-order chi connectivity index (χ0) is 30.0. The van der Waals surface area contributed by atoms with Gasteiger partial charge in [0.25, 0.3) is 13.7 Å². The second kappa shape index (κ2) is 14.1. The molecule has 2 atom stereocenters. The normalized spacial score (nSPS) is 18.9. The molecule has 4 aromatic heterocycles. The molecule has 224 valence electrons. The van der Waals surface area contributed by atoms with E-state index in [9.17, 15) is 23.0 Å². The summed E-state index contributed by atoms with van der Waals surface area (Å²) < 4.78 is 52.8. The van der Waals surface area contributed by atoms with Crippen molar-refractivity contribution in [3.8, 4) is 22.0 Å². The maximum Gasteiger partial charge on any atom is 1.00 e. The largest absolute Gasteiger partial charge is 1.00 e. The van der Waals surface area contributed by atoms with Crippen LogP contribution in [0.1, 0.15) is 62.3 Å². The van der Waals surface area contributed by atoms with Crippen molar-refractivity contribution < 1.29 is 66.7 Å². The van der Waals surface area contributed by atoms with E-state index in [0.29, 0.717) is 17.2 Å². The number of halogens is 2. The molecule has 0 spiro atoms. The van der Waals surface area contributed by atoms with Crippen LogP contribution in [0.5, 0.6) is 0 Å². The Hall–Kier alpha value is -2.40. The number of aromatic nitrogens is 6. The molecule has 0 radical (unpaired) electrons. The first kappa shape index (κ1) is 33.5.